The van der Waals surface area contributed by atoms with Crippen LogP contribution < -0.4 is 0 Å². The number of unbranched alkanes of at least 4 members (excludes halogenated alkanes) is 1. The van der Waals surface area contributed by atoms with E-state index in [9.17, 15) is 14.4 Å². The lowest BCUT2D eigenvalue weighted by atomic mass is 9.95. The van der Waals surface area contributed by atoms with Crippen molar-refractivity contribution in [2.75, 3.05) is 13.2 Å². The summed E-state index contributed by atoms with van der Waals surface area (Å²) in [5.41, 5.74) is 0.349. The van der Waals surface area contributed by atoms with Gasteiger partial charge in [0.05, 0.1) is 5.57 Å². The Balaban J connectivity index is 4.58. The number of ether oxygens (including phenoxy) is 2. The molecule has 0 aliphatic rings. The van der Waals surface area contributed by atoms with Crippen LogP contribution >= 0.6 is 0 Å². The molecule has 5 nitrogen and oxygen atoms in total. The van der Waals surface area contributed by atoms with Crippen molar-refractivity contribution in [3.05, 3.63) is 23.8 Å². The molecule has 0 bridgehead atoms. The van der Waals surface area contributed by atoms with Crippen molar-refractivity contribution in [3.8, 4) is 0 Å². The molecule has 0 aromatic rings. The van der Waals surface area contributed by atoms with E-state index < -0.39 is 11.9 Å². The maximum absolute atomic E-state index is 12.0. The standard InChI is InChI=1S/C18H28O5/c1-6-8-9-15(7-2)12-16(14(5)19)18(21)23-11-10-22-17(20)13(3)4/h12,15H,3,6-11H2,1-2,4-5H3/b16-12+. The molecule has 0 aliphatic carbocycles. The molecule has 0 aromatic carbocycles. The summed E-state index contributed by atoms with van der Waals surface area (Å²) in [4.78, 5) is 34.9. The quantitative estimate of drug-likeness (QED) is 0.192. The van der Waals surface area contributed by atoms with Crippen LogP contribution in [0.15, 0.2) is 23.8 Å². The molecular weight excluding hydrogens is 296 g/mol. The molecule has 23 heavy (non-hydrogen) atoms. The molecule has 0 spiro atoms. The Kier molecular flexibility index (Phi) is 10.7. The minimum atomic E-state index is -0.668. The third kappa shape index (κ3) is 8.96. The third-order valence-electron chi connectivity index (χ3n) is 3.35. The molecule has 0 rings (SSSR count). The Hall–Kier alpha value is -1.91. The lowest BCUT2D eigenvalue weighted by Crippen LogP contribution is -2.19. The highest BCUT2D eigenvalue weighted by Gasteiger charge is 2.18. The lowest BCUT2D eigenvalue weighted by Gasteiger charge is -2.12. The molecular formula is C18H28O5. The van der Waals surface area contributed by atoms with Crippen LogP contribution in [0.2, 0.25) is 0 Å². The van der Waals surface area contributed by atoms with Gasteiger partial charge in [0, 0.05) is 5.57 Å². The number of carbonyl (C=O) groups excluding carboxylic acids is 3. The molecule has 1 atom stereocenters. The molecule has 0 radical (unpaired) electrons. The van der Waals surface area contributed by atoms with Crippen molar-refractivity contribution in [1.29, 1.82) is 0 Å². The molecule has 0 saturated carbocycles. The Bertz CT molecular complexity index is 462. The Morgan fingerprint density at radius 2 is 1.61 bits per heavy atom. The summed E-state index contributed by atoms with van der Waals surface area (Å²) in [5.74, 6) is -1.33. The normalized spacial score (nSPS) is 12.4. The van der Waals surface area contributed by atoms with E-state index in [-0.39, 0.29) is 36.1 Å². The molecule has 5 heteroatoms. The fourth-order valence-corrected chi connectivity index (χ4v) is 1.91. The molecule has 0 heterocycles. The van der Waals surface area contributed by atoms with Crippen LogP contribution in [-0.2, 0) is 23.9 Å². The first kappa shape index (κ1) is 21.1. The Morgan fingerprint density at radius 3 is 2.04 bits per heavy atom. The predicted molar refractivity (Wildman–Crippen MR) is 88.8 cm³/mol. The maximum Gasteiger partial charge on any atom is 0.341 e. The molecule has 0 aliphatic heterocycles. The fourth-order valence-electron chi connectivity index (χ4n) is 1.91. The highest BCUT2D eigenvalue weighted by Crippen LogP contribution is 2.17. The number of hydrogen-bond acceptors (Lipinski definition) is 5. The Morgan fingerprint density at radius 1 is 1.04 bits per heavy atom. The molecule has 0 amide bonds. The number of ketones is 1. The zero-order chi connectivity index (χ0) is 17.8. The Labute approximate surface area is 138 Å². The number of Topliss-reactive ketones (excluding diaryl/α,β-unsaturated/α-hetero) is 1. The SMILES string of the molecule is C=C(C)C(=O)OCCOC(=O)/C(=C/C(CC)CCCC)C(C)=O. The van der Waals surface area contributed by atoms with Crippen LogP contribution in [0, 0.1) is 5.92 Å². The second-order valence-corrected chi connectivity index (χ2v) is 5.50. The van der Waals surface area contributed by atoms with E-state index in [1.807, 2.05) is 6.92 Å². The van der Waals surface area contributed by atoms with Crippen LogP contribution in [-0.4, -0.2) is 30.9 Å². The minimum absolute atomic E-state index is 0.0599. The van der Waals surface area contributed by atoms with E-state index in [0.29, 0.717) is 0 Å². The largest absolute Gasteiger partial charge is 0.459 e. The van der Waals surface area contributed by atoms with Crippen LogP contribution in [0.5, 0.6) is 0 Å². The fraction of sp³-hybridized carbons (Fsp3) is 0.611. The maximum atomic E-state index is 12.0. The van der Waals surface area contributed by atoms with Gasteiger partial charge in [-0.15, -0.1) is 0 Å². The summed E-state index contributed by atoms with van der Waals surface area (Å²) in [6, 6.07) is 0. The zero-order valence-electron chi connectivity index (χ0n) is 14.6. The van der Waals surface area contributed by atoms with Gasteiger partial charge in [0.25, 0.3) is 0 Å². The summed E-state index contributed by atoms with van der Waals surface area (Å²) >= 11 is 0. The summed E-state index contributed by atoms with van der Waals surface area (Å²) in [5, 5.41) is 0. The van der Waals surface area contributed by atoms with E-state index in [0.717, 1.165) is 25.7 Å². The van der Waals surface area contributed by atoms with E-state index in [2.05, 4.69) is 13.5 Å². The van der Waals surface area contributed by atoms with Crippen molar-refractivity contribution in [2.45, 2.75) is 53.4 Å². The second-order valence-electron chi connectivity index (χ2n) is 5.50. The first-order valence-electron chi connectivity index (χ1n) is 8.05. The average Bonchev–Trinajstić information content (AvgIpc) is 2.50. The van der Waals surface area contributed by atoms with Gasteiger partial charge in [-0.25, -0.2) is 9.59 Å². The van der Waals surface area contributed by atoms with Gasteiger partial charge in [-0.3, -0.25) is 4.79 Å². The highest BCUT2D eigenvalue weighted by molar-refractivity contribution is 6.16. The van der Waals surface area contributed by atoms with Crippen LogP contribution in [0.25, 0.3) is 0 Å². The van der Waals surface area contributed by atoms with Gasteiger partial charge in [-0.2, -0.15) is 0 Å². The molecule has 130 valence electrons. The van der Waals surface area contributed by atoms with Crippen LogP contribution in [0.1, 0.15) is 53.4 Å². The summed E-state index contributed by atoms with van der Waals surface area (Å²) < 4.78 is 9.84. The number of esters is 2. The van der Waals surface area contributed by atoms with Crippen molar-refractivity contribution >= 4 is 17.7 Å². The van der Waals surface area contributed by atoms with Crippen LogP contribution in [0.4, 0.5) is 0 Å². The number of allylic oxidation sites excluding steroid dienone is 1. The smallest absolute Gasteiger partial charge is 0.341 e. The van der Waals surface area contributed by atoms with E-state index in [1.54, 1.807) is 6.08 Å². The van der Waals surface area contributed by atoms with Crippen molar-refractivity contribution in [1.82, 2.24) is 0 Å². The van der Waals surface area contributed by atoms with Gasteiger partial charge in [0.15, 0.2) is 5.78 Å². The van der Waals surface area contributed by atoms with E-state index in [1.165, 1.54) is 13.8 Å². The summed E-state index contributed by atoms with van der Waals surface area (Å²) in [6.07, 6.45) is 5.62. The molecule has 1 unspecified atom stereocenters. The molecule has 0 fully saturated rings. The number of carbonyl (C=O) groups is 3. The lowest BCUT2D eigenvalue weighted by molar-refractivity contribution is -0.148. The van der Waals surface area contributed by atoms with Crippen LogP contribution in [0.3, 0.4) is 0 Å². The molecule has 0 N–H and O–H groups in total. The summed E-state index contributed by atoms with van der Waals surface area (Å²) in [6.45, 7) is 10.3. The van der Waals surface area contributed by atoms with Gasteiger partial charge in [-0.1, -0.05) is 39.3 Å². The van der Waals surface area contributed by atoms with Crippen molar-refractivity contribution < 1.29 is 23.9 Å². The van der Waals surface area contributed by atoms with Crippen molar-refractivity contribution in [3.63, 3.8) is 0 Å². The minimum Gasteiger partial charge on any atom is -0.459 e. The third-order valence-corrected chi connectivity index (χ3v) is 3.35. The van der Waals surface area contributed by atoms with Gasteiger partial charge >= 0.3 is 11.9 Å². The second kappa shape index (κ2) is 11.6. The monoisotopic (exact) mass is 324 g/mol. The topological polar surface area (TPSA) is 69.7 Å². The van der Waals surface area contributed by atoms with Gasteiger partial charge in [-0.05, 0) is 32.6 Å². The van der Waals surface area contributed by atoms with Gasteiger partial charge in [0.2, 0.25) is 0 Å². The summed E-state index contributed by atoms with van der Waals surface area (Å²) in [7, 11) is 0. The number of rotatable bonds is 11. The van der Waals surface area contributed by atoms with Crippen molar-refractivity contribution in [2.24, 2.45) is 5.92 Å². The predicted octanol–water partition coefficient (Wildman–Crippen LogP) is 3.38. The average molecular weight is 324 g/mol. The molecule has 0 aromatic heterocycles. The van der Waals surface area contributed by atoms with E-state index in [4.69, 9.17) is 9.47 Å². The van der Waals surface area contributed by atoms with Gasteiger partial charge in [0.1, 0.15) is 13.2 Å². The first-order valence-corrected chi connectivity index (χ1v) is 8.05. The van der Waals surface area contributed by atoms with Gasteiger partial charge < -0.3 is 9.47 Å². The highest BCUT2D eigenvalue weighted by atomic mass is 16.6. The number of hydrogen-bond donors (Lipinski definition) is 0. The van der Waals surface area contributed by atoms with E-state index >= 15 is 0 Å². The first-order chi connectivity index (χ1) is 10.8. The molecule has 0 saturated heterocycles. The zero-order valence-corrected chi connectivity index (χ0v) is 14.6.